The lowest BCUT2D eigenvalue weighted by Crippen LogP contribution is -2.65. The number of hydrogen-bond acceptors (Lipinski definition) is 11. The van der Waals surface area contributed by atoms with Crippen molar-refractivity contribution in [2.45, 2.75) is 103 Å². The third-order valence-electron chi connectivity index (χ3n) is 8.99. The number of allylic oxidation sites excluding steroid dienone is 2. The number of phenolic OH excluding ortho intramolecular Hbond substituents is 1. The number of carbonyl (C=O) groups excluding carboxylic acids is 2. The number of aliphatic hydroxyl groups is 1. The van der Waals surface area contributed by atoms with Crippen molar-refractivity contribution >= 4 is 28.7 Å². The summed E-state index contributed by atoms with van der Waals surface area (Å²) in [5, 5.41) is 38.0. The molecule has 1 saturated carbocycles. The van der Waals surface area contributed by atoms with Gasteiger partial charge >= 0.3 is 11.7 Å². The molecule has 2 heterocycles. The zero-order chi connectivity index (χ0) is 35.6. The van der Waals surface area contributed by atoms with Gasteiger partial charge in [-0.25, -0.2) is 9.59 Å². The molecule has 1 aliphatic heterocycles. The highest BCUT2D eigenvalue weighted by atomic mass is 16.7. The number of benzene rings is 2. The Bertz CT molecular complexity index is 1800. The first-order valence-corrected chi connectivity index (χ1v) is 16.3. The van der Waals surface area contributed by atoms with Crippen LogP contribution in [-0.4, -0.2) is 70.7 Å². The number of methoxy groups -OCH3 is 1. The molecule has 2 amide bonds. The SMILES string of the molecule is CO[C@@H]1[C@@H](OC(=O)NC2CCCC2)[C@@H](O)[C@H](Oc2ccc3c(O)c(NC(=O)c4ccc(O)c(CC=C(C)C)c4)c(=O)oc3c2C)OC1(C)C. The van der Waals surface area contributed by atoms with E-state index < -0.39 is 59.3 Å². The summed E-state index contributed by atoms with van der Waals surface area (Å²) in [5.41, 5.74) is -0.537. The van der Waals surface area contributed by atoms with Crippen molar-refractivity contribution in [1.29, 1.82) is 0 Å². The van der Waals surface area contributed by atoms with Gasteiger partial charge in [0.05, 0.1) is 11.0 Å². The maximum atomic E-state index is 13.1. The zero-order valence-electron chi connectivity index (χ0n) is 28.5. The van der Waals surface area contributed by atoms with Crippen LogP contribution in [0.5, 0.6) is 17.2 Å². The largest absolute Gasteiger partial charge is 0.508 e. The molecule has 1 saturated heterocycles. The van der Waals surface area contributed by atoms with Gasteiger partial charge in [0, 0.05) is 24.3 Å². The summed E-state index contributed by atoms with van der Waals surface area (Å²) in [7, 11) is 1.43. The Morgan fingerprint density at radius 2 is 1.82 bits per heavy atom. The van der Waals surface area contributed by atoms with Crippen LogP contribution in [0.4, 0.5) is 10.5 Å². The fraction of sp³-hybridized carbons (Fsp3) is 0.472. The van der Waals surface area contributed by atoms with Crippen molar-refractivity contribution < 1.29 is 48.3 Å². The predicted octanol–water partition coefficient (Wildman–Crippen LogP) is 5.20. The van der Waals surface area contributed by atoms with Crippen molar-refractivity contribution in [2.24, 2.45) is 0 Å². The molecular formula is C36H44N2O11. The number of alkyl carbamates (subject to hydrolysis) is 1. The molecule has 2 aromatic carbocycles. The minimum Gasteiger partial charge on any atom is -0.508 e. The van der Waals surface area contributed by atoms with Gasteiger partial charge in [-0.15, -0.1) is 0 Å². The van der Waals surface area contributed by atoms with Crippen molar-refractivity contribution in [3.8, 4) is 17.2 Å². The molecule has 4 atom stereocenters. The number of phenols is 1. The Morgan fingerprint density at radius 3 is 2.49 bits per heavy atom. The lowest BCUT2D eigenvalue weighted by Gasteiger charge is -2.47. The second kappa shape index (κ2) is 14.5. The van der Waals surface area contributed by atoms with Gasteiger partial charge in [-0.1, -0.05) is 24.5 Å². The van der Waals surface area contributed by atoms with Crippen molar-refractivity contribution in [3.63, 3.8) is 0 Å². The monoisotopic (exact) mass is 680 g/mol. The molecule has 13 nitrogen and oxygen atoms in total. The number of rotatable bonds is 9. The molecule has 0 spiro atoms. The summed E-state index contributed by atoms with van der Waals surface area (Å²) in [5.74, 6) is -1.02. The van der Waals surface area contributed by atoms with Crippen LogP contribution in [0.3, 0.4) is 0 Å². The number of anilines is 1. The standard InChI is InChI=1S/C36H44N2O11/c1-18(2)11-12-20-17-21(13-15-24(20)39)32(42)38-26-27(40)23-14-16-25(19(3)29(23)47-33(26)43)46-34-28(41)30(31(45-6)36(4,5)49-34)48-35(44)37-22-9-7-8-10-22/h11,13-17,22,28,30-31,34,39-41H,7-10,12H2,1-6H3,(H,37,44)(H,38,42)/t28-,30+,31-,34-/m1/s1. The zero-order valence-corrected chi connectivity index (χ0v) is 28.5. The number of hydrogen-bond donors (Lipinski definition) is 5. The predicted molar refractivity (Wildman–Crippen MR) is 180 cm³/mol. The van der Waals surface area contributed by atoms with E-state index in [9.17, 15) is 29.7 Å². The second-order valence-electron chi connectivity index (χ2n) is 13.3. The Labute approximate surface area is 283 Å². The van der Waals surface area contributed by atoms with E-state index in [1.807, 2.05) is 19.9 Å². The van der Waals surface area contributed by atoms with E-state index in [0.717, 1.165) is 31.3 Å². The number of nitrogens with one attached hydrogen (secondary N) is 2. The topological polar surface area (TPSA) is 186 Å². The summed E-state index contributed by atoms with van der Waals surface area (Å²) in [6, 6.07) is 7.23. The Balaban J connectivity index is 1.37. The lowest BCUT2D eigenvalue weighted by atomic mass is 9.89. The van der Waals surface area contributed by atoms with E-state index in [1.165, 1.54) is 37.4 Å². The molecule has 2 aliphatic rings. The van der Waals surface area contributed by atoms with Crippen LogP contribution < -0.4 is 21.0 Å². The molecule has 2 fully saturated rings. The number of carbonyl (C=O) groups is 2. The fourth-order valence-electron chi connectivity index (χ4n) is 6.32. The van der Waals surface area contributed by atoms with Crippen molar-refractivity contribution in [3.05, 3.63) is 69.1 Å². The molecule has 1 aliphatic carbocycles. The minimum absolute atomic E-state index is 0.00366. The number of amides is 2. The molecule has 264 valence electrons. The molecule has 5 N–H and O–H groups in total. The highest BCUT2D eigenvalue weighted by Gasteiger charge is 2.53. The van der Waals surface area contributed by atoms with Crippen LogP contribution in [0.25, 0.3) is 11.0 Å². The minimum atomic E-state index is -1.47. The van der Waals surface area contributed by atoms with Gasteiger partial charge in [-0.3, -0.25) is 4.79 Å². The normalized spacial score (nSPS) is 22.0. The van der Waals surface area contributed by atoms with E-state index in [4.69, 9.17) is 23.4 Å². The summed E-state index contributed by atoms with van der Waals surface area (Å²) < 4.78 is 29.0. The van der Waals surface area contributed by atoms with Gasteiger partial charge in [-0.05, 0) is 89.8 Å². The average molecular weight is 681 g/mol. The van der Waals surface area contributed by atoms with Crippen molar-refractivity contribution in [1.82, 2.24) is 5.32 Å². The van der Waals surface area contributed by atoms with Crippen LogP contribution in [0, 0.1) is 6.92 Å². The van der Waals surface area contributed by atoms with Crippen LogP contribution in [-0.2, 0) is 20.6 Å². The molecular weight excluding hydrogens is 636 g/mol. The molecule has 0 radical (unpaired) electrons. The number of aryl methyl sites for hydroxylation is 1. The number of aromatic hydroxyl groups is 2. The fourth-order valence-corrected chi connectivity index (χ4v) is 6.32. The third kappa shape index (κ3) is 7.69. The van der Waals surface area contributed by atoms with E-state index in [2.05, 4.69) is 10.6 Å². The molecule has 49 heavy (non-hydrogen) atoms. The maximum Gasteiger partial charge on any atom is 0.407 e. The Morgan fingerprint density at radius 1 is 1.10 bits per heavy atom. The number of fused-ring (bicyclic) bond motifs is 1. The molecule has 1 aromatic heterocycles. The van der Waals surface area contributed by atoms with Gasteiger partial charge in [0.15, 0.2) is 23.6 Å². The van der Waals surface area contributed by atoms with Crippen LogP contribution in [0.2, 0.25) is 0 Å². The summed E-state index contributed by atoms with van der Waals surface area (Å²) in [6.45, 7) is 8.86. The summed E-state index contributed by atoms with van der Waals surface area (Å²) in [6.07, 6.45) is 0.605. The van der Waals surface area contributed by atoms with Crippen LogP contribution in [0.15, 0.2) is 51.2 Å². The quantitative estimate of drug-likeness (QED) is 0.148. The second-order valence-corrected chi connectivity index (χ2v) is 13.3. The molecule has 5 rings (SSSR count). The van der Waals surface area contributed by atoms with Crippen LogP contribution >= 0.6 is 0 Å². The van der Waals surface area contributed by atoms with Crippen molar-refractivity contribution in [2.75, 3.05) is 12.4 Å². The first-order chi connectivity index (χ1) is 23.2. The van der Waals surface area contributed by atoms with E-state index in [0.29, 0.717) is 17.5 Å². The van der Waals surface area contributed by atoms with E-state index in [1.54, 1.807) is 20.8 Å². The molecule has 0 unspecified atom stereocenters. The molecule has 13 heteroatoms. The number of ether oxygens (including phenoxy) is 4. The van der Waals surface area contributed by atoms with Gasteiger partial charge in [0.25, 0.3) is 5.91 Å². The molecule has 3 aromatic rings. The summed E-state index contributed by atoms with van der Waals surface area (Å²) in [4.78, 5) is 39.0. The Kier molecular flexibility index (Phi) is 10.6. The van der Waals surface area contributed by atoms with Gasteiger partial charge in [0.2, 0.25) is 6.29 Å². The highest BCUT2D eigenvalue weighted by molar-refractivity contribution is 6.06. The first-order valence-electron chi connectivity index (χ1n) is 16.3. The first kappa shape index (κ1) is 35.7. The van der Waals surface area contributed by atoms with Crippen LogP contribution in [0.1, 0.15) is 74.9 Å². The van der Waals surface area contributed by atoms with Gasteiger partial charge < -0.3 is 49.3 Å². The average Bonchev–Trinajstić information content (AvgIpc) is 3.55. The van der Waals surface area contributed by atoms with Gasteiger partial charge in [-0.2, -0.15) is 0 Å². The Hall–Kier alpha value is -4.59. The number of aliphatic hydroxyl groups excluding tert-OH is 1. The third-order valence-corrected chi connectivity index (χ3v) is 8.99. The lowest BCUT2D eigenvalue weighted by molar-refractivity contribution is -0.305. The van der Waals surface area contributed by atoms with E-state index >= 15 is 0 Å². The molecule has 0 bridgehead atoms. The highest BCUT2D eigenvalue weighted by Crippen LogP contribution is 2.39. The summed E-state index contributed by atoms with van der Waals surface area (Å²) >= 11 is 0. The van der Waals surface area contributed by atoms with Gasteiger partial charge in [0.1, 0.15) is 23.2 Å². The van der Waals surface area contributed by atoms with E-state index in [-0.39, 0.29) is 34.1 Å². The maximum absolute atomic E-state index is 13.1. The smallest absolute Gasteiger partial charge is 0.407 e.